The van der Waals surface area contributed by atoms with E-state index >= 15 is 0 Å². The SMILES string of the molecule is O=C1CCCC2=C1N(c1ccc(F)c(F)c1)C1C(=O)CCCC1=N2. The highest BCUT2D eigenvalue weighted by Crippen LogP contribution is 2.38. The molecule has 6 heteroatoms. The van der Waals surface area contributed by atoms with Crippen LogP contribution in [0.25, 0.3) is 0 Å². The van der Waals surface area contributed by atoms with Crippen LogP contribution in [0.1, 0.15) is 38.5 Å². The van der Waals surface area contributed by atoms with Gasteiger partial charge in [-0.05, 0) is 37.8 Å². The molecule has 1 unspecified atom stereocenters. The normalized spacial score (nSPS) is 23.8. The topological polar surface area (TPSA) is 49.7 Å². The Balaban J connectivity index is 1.91. The summed E-state index contributed by atoms with van der Waals surface area (Å²) in [5.74, 6) is -2.08. The molecule has 0 bridgehead atoms. The molecule has 0 saturated heterocycles. The minimum atomic E-state index is -0.995. The van der Waals surface area contributed by atoms with E-state index in [4.69, 9.17) is 0 Å². The van der Waals surface area contributed by atoms with Crippen LogP contribution in [-0.4, -0.2) is 23.3 Å². The van der Waals surface area contributed by atoms with Crippen molar-refractivity contribution in [2.75, 3.05) is 4.90 Å². The summed E-state index contributed by atoms with van der Waals surface area (Å²) < 4.78 is 27.1. The van der Waals surface area contributed by atoms with Gasteiger partial charge in [-0.15, -0.1) is 0 Å². The highest BCUT2D eigenvalue weighted by Gasteiger charge is 2.42. The van der Waals surface area contributed by atoms with Gasteiger partial charge in [0, 0.05) is 30.3 Å². The van der Waals surface area contributed by atoms with E-state index in [1.54, 1.807) is 4.90 Å². The van der Waals surface area contributed by atoms with Crippen molar-refractivity contribution >= 4 is 23.0 Å². The molecule has 1 saturated carbocycles. The second-order valence-corrected chi connectivity index (χ2v) is 6.37. The molecule has 124 valence electrons. The Kier molecular flexibility index (Phi) is 3.55. The Morgan fingerprint density at radius 2 is 1.79 bits per heavy atom. The average Bonchev–Trinajstić information content (AvgIpc) is 2.56. The van der Waals surface area contributed by atoms with Crippen molar-refractivity contribution in [3.8, 4) is 0 Å². The molecule has 0 aromatic heterocycles. The summed E-state index contributed by atoms with van der Waals surface area (Å²) in [6.45, 7) is 0. The third-order valence-electron chi connectivity index (χ3n) is 4.79. The minimum absolute atomic E-state index is 0.0327. The molecule has 0 amide bonds. The maximum absolute atomic E-state index is 13.8. The monoisotopic (exact) mass is 330 g/mol. The molecule has 2 aliphatic carbocycles. The molecule has 1 aromatic rings. The van der Waals surface area contributed by atoms with E-state index < -0.39 is 17.7 Å². The summed E-state index contributed by atoms with van der Waals surface area (Å²) in [5.41, 5.74) is 2.09. The van der Waals surface area contributed by atoms with Gasteiger partial charge >= 0.3 is 0 Å². The van der Waals surface area contributed by atoms with Crippen LogP contribution in [0.2, 0.25) is 0 Å². The zero-order valence-electron chi connectivity index (χ0n) is 13.0. The number of hydrogen-bond donors (Lipinski definition) is 0. The van der Waals surface area contributed by atoms with Crippen LogP contribution >= 0.6 is 0 Å². The molecule has 0 N–H and O–H groups in total. The lowest BCUT2D eigenvalue weighted by atomic mass is 9.86. The molecule has 1 aliphatic heterocycles. The Morgan fingerprint density at radius 1 is 1.00 bits per heavy atom. The summed E-state index contributed by atoms with van der Waals surface area (Å²) in [5, 5.41) is 0. The van der Waals surface area contributed by atoms with Crippen molar-refractivity contribution in [2.45, 2.75) is 44.6 Å². The number of carbonyl (C=O) groups is 2. The van der Waals surface area contributed by atoms with Gasteiger partial charge in [0.15, 0.2) is 23.2 Å². The quantitative estimate of drug-likeness (QED) is 0.794. The van der Waals surface area contributed by atoms with Gasteiger partial charge in [-0.1, -0.05) is 0 Å². The number of halogens is 2. The van der Waals surface area contributed by atoms with Crippen molar-refractivity contribution in [2.24, 2.45) is 4.99 Å². The van der Waals surface area contributed by atoms with E-state index in [1.165, 1.54) is 6.07 Å². The maximum Gasteiger partial charge on any atom is 0.181 e. The summed E-state index contributed by atoms with van der Waals surface area (Å²) in [4.78, 5) is 31.2. The fourth-order valence-corrected chi connectivity index (χ4v) is 3.72. The highest BCUT2D eigenvalue weighted by atomic mass is 19.2. The predicted octanol–water partition coefficient (Wildman–Crippen LogP) is 3.31. The Labute approximate surface area is 137 Å². The number of aliphatic imine (C=N–C) groups is 1. The summed E-state index contributed by atoms with van der Waals surface area (Å²) in [6, 6.07) is 2.81. The Hall–Kier alpha value is -2.37. The lowest BCUT2D eigenvalue weighted by Crippen LogP contribution is -2.52. The Bertz CT molecular complexity index is 813. The zero-order valence-corrected chi connectivity index (χ0v) is 13.0. The van der Waals surface area contributed by atoms with Gasteiger partial charge in [0.05, 0.1) is 5.70 Å². The molecular weight excluding hydrogens is 314 g/mol. The summed E-state index contributed by atoms with van der Waals surface area (Å²) in [6.07, 6.45) is 3.58. The number of fused-ring (bicyclic) bond motifs is 1. The van der Waals surface area contributed by atoms with Gasteiger partial charge in [0.1, 0.15) is 11.7 Å². The van der Waals surface area contributed by atoms with Crippen molar-refractivity contribution in [3.05, 3.63) is 41.2 Å². The number of nitrogens with zero attached hydrogens (tertiary/aromatic N) is 2. The number of hydrogen-bond acceptors (Lipinski definition) is 4. The molecule has 4 rings (SSSR count). The summed E-state index contributed by atoms with van der Waals surface area (Å²) in [7, 11) is 0. The lowest BCUT2D eigenvalue weighted by Gasteiger charge is -2.41. The predicted molar refractivity (Wildman–Crippen MR) is 84.8 cm³/mol. The summed E-state index contributed by atoms with van der Waals surface area (Å²) >= 11 is 0. The van der Waals surface area contributed by atoms with Gasteiger partial charge in [0.25, 0.3) is 0 Å². The molecule has 24 heavy (non-hydrogen) atoms. The number of allylic oxidation sites excluding steroid dienone is 2. The van der Waals surface area contributed by atoms with Crippen LogP contribution in [0.4, 0.5) is 14.5 Å². The van der Waals surface area contributed by atoms with Gasteiger partial charge in [0.2, 0.25) is 0 Å². The first-order valence-corrected chi connectivity index (χ1v) is 8.17. The first kappa shape index (κ1) is 15.2. The van der Waals surface area contributed by atoms with Crippen molar-refractivity contribution < 1.29 is 18.4 Å². The first-order valence-electron chi connectivity index (χ1n) is 8.17. The third kappa shape index (κ3) is 2.28. The average molecular weight is 330 g/mol. The number of rotatable bonds is 1. The molecular formula is C18H16F2N2O2. The van der Waals surface area contributed by atoms with E-state index in [9.17, 15) is 18.4 Å². The smallest absolute Gasteiger partial charge is 0.181 e. The first-order chi connectivity index (χ1) is 11.6. The van der Waals surface area contributed by atoms with Gasteiger partial charge in [-0.2, -0.15) is 0 Å². The van der Waals surface area contributed by atoms with E-state index in [2.05, 4.69) is 4.99 Å². The largest absolute Gasteiger partial charge is 0.321 e. The number of ketones is 2. The molecule has 3 aliphatic rings. The number of benzene rings is 1. The maximum atomic E-state index is 13.8. The second kappa shape index (κ2) is 5.61. The van der Waals surface area contributed by atoms with Crippen LogP contribution in [0.3, 0.4) is 0 Å². The Morgan fingerprint density at radius 3 is 2.58 bits per heavy atom. The number of carbonyl (C=O) groups excluding carboxylic acids is 2. The number of Topliss-reactive ketones (excluding diaryl/α,β-unsaturated/α-hetero) is 2. The van der Waals surface area contributed by atoms with Crippen LogP contribution < -0.4 is 4.90 Å². The van der Waals surface area contributed by atoms with E-state index in [0.29, 0.717) is 42.8 Å². The molecule has 1 aromatic carbocycles. The second-order valence-electron chi connectivity index (χ2n) is 6.37. The van der Waals surface area contributed by atoms with Crippen molar-refractivity contribution in [1.82, 2.24) is 0 Å². The van der Waals surface area contributed by atoms with Crippen LogP contribution in [-0.2, 0) is 9.59 Å². The zero-order chi connectivity index (χ0) is 16.8. The molecule has 1 heterocycles. The number of anilines is 1. The third-order valence-corrected chi connectivity index (χ3v) is 4.79. The highest BCUT2D eigenvalue weighted by molar-refractivity contribution is 6.18. The van der Waals surface area contributed by atoms with E-state index in [1.807, 2.05) is 0 Å². The van der Waals surface area contributed by atoms with Crippen LogP contribution in [0, 0.1) is 11.6 Å². The van der Waals surface area contributed by atoms with Crippen molar-refractivity contribution in [1.29, 1.82) is 0 Å². The van der Waals surface area contributed by atoms with Gasteiger partial charge in [-0.25, -0.2) is 8.78 Å². The molecule has 1 atom stereocenters. The fourth-order valence-electron chi connectivity index (χ4n) is 3.72. The molecule has 0 spiro atoms. The fraction of sp³-hybridized carbons (Fsp3) is 0.389. The van der Waals surface area contributed by atoms with E-state index in [0.717, 1.165) is 30.7 Å². The van der Waals surface area contributed by atoms with Gasteiger partial charge in [-0.3, -0.25) is 14.6 Å². The van der Waals surface area contributed by atoms with Crippen LogP contribution in [0.5, 0.6) is 0 Å². The lowest BCUT2D eigenvalue weighted by molar-refractivity contribution is -0.119. The van der Waals surface area contributed by atoms with Gasteiger partial charge < -0.3 is 4.90 Å². The van der Waals surface area contributed by atoms with Crippen LogP contribution in [0.15, 0.2) is 34.6 Å². The van der Waals surface area contributed by atoms with Crippen molar-refractivity contribution in [3.63, 3.8) is 0 Å². The standard InChI is InChI=1S/C18H16F2N2O2/c19-11-8-7-10(9-12(11)20)22-17-13(3-1-5-15(17)23)21-14-4-2-6-16(24)18(14)22/h7-9,17H,1-6H2. The van der Waals surface area contributed by atoms with E-state index in [-0.39, 0.29) is 11.6 Å². The minimum Gasteiger partial charge on any atom is -0.321 e. The molecule has 0 radical (unpaired) electrons. The molecule has 4 nitrogen and oxygen atoms in total. The molecule has 1 fully saturated rings.